The summed E-state index contributed by atoms with van der Waals surface area (Å²) < 4.78 is 48.5. The van der Waals surface area contributed by atoms with E-state index in [1.165, 1.54) is 35.6 Å². The SMILES string of the molecule is CCc1nc2cccc(F)c2nc1O[C@@H]1C[C@H]2C(=O)N[C@]3(C(=O)NS(=O)(=O)C4(C)CC4)C[C@H]3/C=C\CCCCC[C@H](NC(=O)c3ccncn3)C(=O)N2C1. The number of hydrogen-bond donors (Lipinski definition) is 3. The minimum atomic E-state index is -4.02. The van der Waals surface area contributed by atoms with Crippen LogP contribution in [0, 0.1) is 11.7 Å². The molecule has 2 aromatic heterocycles. The summed E-state index contributed by atoms with van der Waals surface area (Å²) in [6.45, 7) is 3.31. The molecular weight excluding hydrogens is 720 g/mol. The molecule has 1 saturated heterocycles. The van der Waals surface area contributed by atoms with Gasteiger partial charge in [0.15, 0.2) is 5.82 Å². The summed E-state index contributed by atoms with van der Waals surface area (Å²) in [6.07, 6.45) is 9.96. The van der Waals surface area contributed by atoms with E-state index in [1.807, 2.05) is 19.1 Å². The fourth-order valence-electron chi connectivity index (χ4n) is 7.15. The Bertz CT molecular complexity index is 2120. The van der Waals surface area contributed by atoms with Crippen molar-refractivity contribution < 1.29 is 36.7 Å². The molecule has 2 saturated carbocycles. The molecule has 1 aromatic carbocycles. The van der Waals surface area contributed by atoms with Gasteiger partial charge in [0.1, 0.15) is 47.0 Å². The lowest BCUT2D eigenvalue weighted by molar-refractivity contribution is -0.141. The van der Waals surface area contributed by atoms with Gasteiger partial charge in [0.2, 0.25) is 27.7 Å². The van der Waals surface area contributed by atoms with Gasteiger partial charge in [-0.25, -0.2) is 32.7 Å². The van der Waals surface area contributed by atoms with Crippen LogP contribution in [0.4, 0.5) is 4.39 Å². The molecule has 15 nitrogen and oxygen atoms in total. The minimum absolute atomic E-state index is 0.00894. The maximum atomic E-state index is 14.8. The highest BCUT2D eigenvalue weighted by Crippen LogP contribution is 2.47. The summed E-state index contributed by atoms with van der Waals surface area (Å²) >= 11 is 0. The highest BCUT2D eigenvalue weighted by molar-refractivity contribution is 7.91. The summed E-state index contributed by atoms with van der Waals surface area (Å²) in [5.41, 5.74) is -0.680. The number of rotatable bonds is 8. The van der Waals surface area contributed by atoms with E-state index in [0.717, 1.165) is 12.8 Å². The number of benzene rings is 1. The van der Waals surface area contributed by atoms with E-state index in [4.69, 9.17) is 4.74 Å². The third-order valence-corrected chi connectivity index (χ3v) is 13.0. The molecule has 2 aliphatic heterocycles. The molecule has 4 heterocycles. The van der Waals surface area contributed by atoms with Crippen LogP contribution < -0.4 is 20.1 Å². The summed E-state index contributed by atoms with van der Waals surface area (Å²) in [6, 6.07) is 3.64. The summed E-state index contributed by atoms with van der Waals surface area (Å²) in [7, 11) is -4.02. The lowest BCUT2D eigenvalue weighted by atomic mass is 10.0. The molecule has 7 rings (SSSR count). The van der Waals surface area contributed by atoms with Crippen molar-refractivity contribution in [1.29, 1.82) is 0 Å². The van der Waals surface area contributed by atoms with Crippen molar-refractivity contribution in [3.8, 4) is 5.88 Å². The predicted octanol–water partition coefficient (Wildman–Crippen LogP) is 2.66. The molecule has 286 valence electrons. The zero-order valence-electron chi connectivity index (χ0n) is 30.1. The van der Waals surface area contributed by atoms with E-state index in [9.17, 15) is 32.0 Å². The second kappa shape index (κ2) is 14.6. The van der Waals surface area contributed by atoms with Crippen molar-refractivity contribution >= 4 is 44.7 Å². The highest BCUT2D eigenvalue weighted by Gasteiger charge is 2.63. The van der Waals surface area contributed by atoms with Crippen LogP contribution in [0.1, 0.15) is 87.8 Å². The summed E-state index contributed by atoms with van der Waals surface area (Å²) in [5.74, 6) is -3.64. The molecular formula is C37H43FN8O7S. The number of carbonyl (C=O) groups is 4. The van der Waals surface area contributed by atoms with Crippen LogP contribution in [0.2, 0.25) is 0 Å². The van der Waals surface area contributed by atoms with Gasteiger partial charge in [0.05, 0.1) is 16.8 Å². The number of para-hydroxylation sites is 1. The van der Waals surface area contributed by atoms with Gasteiger partial charge < -0.3 is 20.3 Å². The first-order chi connectivity index (χ1) is 25.8. The van der Waals surface area contributed by atoms with Crippen molar-refractivity contribution in [2.45, 2.75) is 107 Å². The number of nitrogens with one attached hydrogen (secondary N) is 3. The maximum Gasteiger partial charge on any atom is 0.270 e. The normalized spacial score (nSPS) is 27.4. The van der Waals surface area contributed by atoms with Gasteiger partial charge in [0.25, 0.3) is 11.8 Å². The Balaban J connectivity index is 1.21. The van der Waals surface area contributed by atoms with Crippen LogP contribution in [0.5, 0.6) is 5.88 Å². The van der Waals surface area contributed by atoms with Crippen molar-refractivity contribution in [2.75, 3.05) is 6.54 Å². The smallest absolute Gasteiger partial charge is 0.270 e. The number of sulfonamides is 1. The molecule has 0 radical (unpaired) electrons. The second-order valence-corrected chi connectivity index (χ2v) is 17.0. The van der Waals surface area contributed by atoms with Crippen molar-refractivity contribution in [3.63, 3.8) is 0 Å². The van der Waals surface area contributed by atoms with Crippen LogP contribution in [0.15, 0.2) is 48.9 Å². The number of amides is 4. The number of ether oxygens (including phenoxy) is 1. The van der Waals surface area contributed by atoms with E-state index in [0.29, 0.717) is 43.3 Å². The van der Waals surface area contributed by atoms with E-state index >= 15 is 0 Å². The Morgan fingerprint density at radius 1 is 1.13 bits per heavy atom. The number of aromatic nitrogens is 4. The number of allylic oxidation sites excluding steroid dienone is 1. The second-order valence-electron chi connectivity index (χ2n) is 14.8. The molecule has 5 atom stereocenters. The van der Waals surface area contributed by atoms with Crippen LogP contribution in [-0.4, -0.2) is 91.9 Å². The first-order valence-corrected chi connectivity index (χ1v) is 19.9. The van der Waals surface area contributed by atoms with Crippen molar-refractivity contribution in [1.82, 2.24) is 40.2 Å². The topological polar surface area (TPSA) is 203 Å². The molecule has 54 heavy (non-hydrogen) atoms. The molecule has 0 unspecified atom stereocenters. The zero-order chi connectivity index (χ0) is 38.3. The third-order valence-electron chi connectivity index (χ3n) is 10.9. The Morgan fingerprint density at radius 2 is 1.94 bits per heavy atom. The Hall–Kier alpha value is -5.06. The molecule has 3 fully saturated rings. The van der Waals surface area contributed by atoms with E-state index in [1.54, 1.807) is 13.0 Å². The van der Waals surface area contributed by atoms with Crippen LogP contribution in [0.3, 0.4) is 0 Å². The quantitative estimate of drug-likeness (QED) is 0.285. The molecule has 3 N–H and O–H groups in total. The minimum Gasteiger partial charge on any atom is -0.471 e. The number of halogens is 1. The molecule has 17 heteroatoms. The molecule has 3 aromatic rings. The van der Waals surface area contributed by atoms with Crippen LogP contribution in [0.25, 0.3) is 11.0 Å². The standard InChI is InChI=1S/C37H43FN8O7S/c1-3-25-33(43-30-24(38)11-9-13-26(30)41-25)53-23-18-29-32(48)44-37(35(50)45-54(51,52)36(2)15-16-36)19-22(37)10-7-5-4-6-8-12-28(34(49)46(29)20-23)42-31(47)27-14-17-39-21-40-27/h7,9-11,13-14,17,21-23,28-29H,3-6,8,12,15-16,18-20H2,1-2H3,(H,42,47)(H,44,48)(H,45,50)/b10-7-/t22-,23-,28+,29+,37-/m1/s1. The number of fused-ring (bicyclic) bond motifs is 3. The first-order valence-electron chi connectivity index (χ1n) is 18.4. The van der Waals surface area contributed by atoms with Gasteiger partial charge in [0, 0.05) is 18.5 Å². The van der Waals surface area contributed by atoms with Gasteiger partial charge >= 0.3 is 0 Å². The van der Waals surface area contributed by atoms with Gasteiger partial charge in [-0.3, -0.25) is 23.9 Å². The molecule has 4 aliphatic rings. The fraction of sp³-hybridized carbons (Fsp3) is 0.514. The van der Waals surface area contributed by atoms with Gasteiger partial charge in [-0.05, 0) is 70.1 Å². The lowest BCUT2D eigenvalue weighted by Gasteiger charge is -2.30. The molecule has 0 bridgehead atoms. The first kappa shape index (κ1) is 37.3. The number of hydrogen-bond acceptors (Lipinski definition) is 11. The van der Waals surface area contributed by atoms with Crippen LogP contribution >= 0.6 is 0 Å². The van der Waals surface area contributed by atoms with Crippen molar-refractivity contribution in [3.05, 3.63) is 66.1 Å². The van der Waals surface area contributed by atoms with Gasteiger partial charge in [-0.2, -0.15) is 0 Å². The van der Waals surface area contributed by atoms with Crippen LogP contribution in [-0.2, 0) is 30.8 Å². The average molecular weight is 763 g/mol. The average Bonchev–Trinajstić information content (AvgIpc) is 4.04. The Morgan fingerprint density at radius 3 is 2.69 bits per heavy atom. The predicted molar refractivity (Wildman–Crippen MR) is 193 cm³/mol. The highest BCUT2D eigenvalue weighted by atomic mass is 32.2. The summed E-state index contributed by atoms with van der Waals surface area (Å²) in [4.78, 5) is 74.2. The zero-order valence-corrected chi connectivity index (χ0v) is 30.9. The number of nitrogens with zero attached hydrogens (tertiary/aromatic N) is 5. The summed E-state index contributed by atoms with van der Waals surface area (Å²) in [5, 5.41) is 5.65. The van der Waals surface area contributed by atoms with E-state index < -0.39 is 73.9 Å². The lowest BCUT2D eigenvalue weighted by Crippen LogP contribution is -2.58. The third kappa shape index (κ3) is 7.37. The number of carbonyl (C=O) groups excluding carboxylic acids is 4. The van der Waals surface area contributed by atoms with Gasteiger partial charge in [-0.1, -0.05) is 38.0 Å². The molecule has 0 spiro atoms. The van der Waals surface area contributed by atoms with E-state index in [2.05, 4.69) is 35.3 Å². The Kier molecular flexibility index (Phi) is 10.1. The van der Waals surface area contributed by atoms with E-state index in [-0.39, 0.29) is 42.9 Å². The maximum absolute atomic E-state index is 14.8. The Labute approximate surface area is 312 Å². The molecule has 2 aliphatic carbocycles. The van der Waals surface area contributed by atoms with Crippen molar-refractivity contribution in [2.24, 2.45) is 5.92 Å². The van der Waals surface area contributed by atoms with Gasteiger partial charge in [-0.15, -0.1) is 0 Å². The monoisotopic (exact) mass is 762 g/mol. The molecule has 4 amide bonds. The fourth-order valence-corrected chi connectivity index (χ4v) is 8.46. The largest absolute Gasteiger partial charge is 0.471 e. The number of aryl methyl sites for hydroxylation is 1.